The Morgan fingerprint density at radius 3 is 2.53 bits per heavy atom. The zero-order valence-corrected chi connectivity index (χ0v) is 21.8. The van der Waals surface area contributed by atoms with Gasteiger partial charge in [0.2, 0.25) is 5.91 Å². The number of carbonyl (C=O) groups excluding carboxylic acids is 1. The summed E-state index contributed by atoms with van der Waals surface area (Å²) in [6, 6.07) is 0. The summed E-state index contributed by atoms with van der Waals surface area (Å²) in [4.78, 5) is 30.4. The number of hydrogen-bond donors (Lipinski definition) is 1. The summed E-state index contributed by atoms with van der Waals surface area (Å²) in [7, 11) is 3.76. The standard InChI is InChI=1S/C26H33FN8O/c1-15(2)21-22-19(31-24(21)18-12-35-25(29-14-30-35)17(4)16(18)3)11-28-26(23(22)27)34-9-7-33(8-10-34)20(36)13-32(5)6/h11-12,14-15,31H,7-10,13H2,1-6H3. The Morgan fingerprint density at radius 1 is 1.14 bits per heavy atom. The number of amides is 1. The molecule has 10 heteroatoms. The number of likely N-dealkylation sites (N-methyl/N-ethyl adjacent to an activating group) is 1. The zero-order valence-electron chi connectivity index (χ0n) is 21.8. The lowest BCUT2D eigenvalue weighted by atomic mass is 9.94. The van der Waals surface area contributed by atoms with Crippen LogP contribution < -0.4 is 4.90 Å². The number of nitrogens with one attached hydrogen (secondary N) is 1. The van der Waals surface area contributed by atoms with Crippen molar-refractivity contribution in [2.45, 2.75) is 33.6 Å². The van der Waals surface area contributed by atoms with Crippen molar-refractivity contribution >= 4 is 28.3 Å². The van der Waals surface area contributed by atoms with Crippen LogP contribution in [0.4, 0.5) is 10.2 Å². The van der Waals surface area contributed by atoms with Crippen molar-refractivity contribution in [3.63, 3.8) is 0 Å². The first-order valence-electron chi connectivity index (χ1n) is 12.3. The van der Waals surface area contributed by atoms with Gasteiger partial charge in [-0.05, 0) is 50.6 Å². The van der Waals surface area contributed by atoms with Crippen LogP contribution in [0.5, 0.6) is 0 Å². The third kappa shape index (κ3) is 3.99. The maximum Gasteiger partial charge on any atom is 0.236 e. The van der Waals surface area contributed by atoms with Crippen LogP contribution in [-0.4, -0.2) is 87.1 Å². The monoisotopic (exact) mass is 492 g/mol. The van der Waals surface area contributed by atoms with Crippen molar-refractivity contribution in [1.29, 1.82) is 0 Å². The fourth-order valence-corrected chi connectivity index (χ4v) is 5.16. The van der Waals surface area contributed by atoms with Crippen LogP contribution in [0, 0.1) is 19.7 Å². The second kappa shape index (κ2) is 9.16. The number of nitrogens with zero attached hydrogens (tertiary/aromatic N) is 7. The molecule has 1 aliphatic rings. The molecule has 0 bridgehead atoms. The fourth-order valence-electron chi connectivity index (χ4n) is 5.16. The van der Waals surface area contributed by atoms with E-state index in [9.17, 15) is 4.79 Å². The van der Waals surface area contributed by atoms with Gasteiger partial charge in [-0.15, -0.1) is 0 Å². The molecule has 0 aromatic carbocycles. The second-order valence-electron chi connectivity index (χ2n) is 10.2. The van der Waals surface area contributed by atoms with Crippen molar-refractivity contribution in [3.8, 4) is 11.3 Å². The highest BCUT2D eigenvalue weighted by Gasteiger charge is 2.28. The molecule has 1 fully saturated rings. The molecule has 0 radical (unpaired) electrons. The molecule has 0 aliphatic carbocycles. The van der Waals surface area contributed by atoms with Gasteiger partial charge in [0.1, 0.15) is 6.33 Å². The molecule has 190 valence electrons. The summed E-state index contributed by atoms with van der Waals surface area (Å²) in [6.45, 7) is 10.8. The first-order valence-corrected chi connectivity index (χ1v) is 12.3. The molecule has 0 unspecified atom stereocenters. The number of hydrogen-bond acceptors (Lipinski definition) is 6. The van der Waals surface area contributed by atoms with Crippen molar-refractivity contribution in [2.24, 2.45) is 0 Å². The highest BCUT2D eigenvalue weighted by atomic mass is 19.1. The SMILES string of the molecule is Cc1c(-c2[nH]c3cnc(N4CCN(C(=O)CN(C)C)CC4)c(F)c3c2C(C)C)cn2ncnc2c1C. The number of fused-ring (bicyclic) bond motifs is 2. The quantitative estimate of drug-likeness (QED) is 0.460. The number of halogens is 1. The van der Waals surface area contributed by atoms with E-state index < -0.39 is 0 Å². The minimum absolute atomic E-state index is 0.0742. The van der Waals surface area contributed by atoms with E-state index in [1.54, 1.807) is 17.0 Å². The smallest absolute Gasteiger partial charge is 0.236 e. The molecule has 4 aromatic rings. The van der Waals surface area contributed by atoms with Crippen LogP contribution in [0.1, 0.15) is 36.5 Å². The molecule has 4 aromatic heterocycles. The predicted molar refractivity (Wildman–Crippen MR) is 139 cm³/mol. The normalized spacial score (nSPS) is 14.7. The Bertz CT molecular complexity index is 1450. The van der Waals surface area contributed by atoms with Crippen LogP contribution in [0.3, 0.4) is 0 Å². The van der Waals surface area contributed by atoms with Gasteiger partial charge in [0.05, 0.1) is 24.0 Å². The van der Waals surface area contributed by atoms with E-state index in [-0.39, 0.29) is 17.6 Å². The molecule has 1 aliphatic heterocycles. The molecular weight excluding hydrogens is 459 g/mol. The van der Waals surface area contributed by atoms with Crippen molar-refractivity contribution < 1.29 is 9.18 Å². The third-order valence-corrected chi connectivity index (χ3v) is 7.16. The topological polar surface area (TPSA) is 85.7 Å². The lowest BCUT2D eigenvalue weighted by molar-refractivity contribution is -0.132. The molecule has 9 nitrogen and oxygen atoms in total. The van der Waals surface area contributed by atoms with Crippen LogP contribution in [0.25, 0.3) is 27.8 Å². The molecule has 5 rings (SSSR count). The van der Waals surface area contributed by atoms with Crippen LogP contribution >= 0.6 is 0 Å². The van der Waals surface area contributed by atoms with Gasteiger partial charge >= 0.3 is 0 Å². The van der Waals surface area contributed by atoms with Gasteiger partial charge in [-0.2, -0.15) is 5.10 Å². The zero-order chi connectivity index (χ0) is 25.7. The first-order chi connectivity index (χ1) is 17.2. The number of anilines is 1. The Hall–Kier alpha value is -3.53. The number of piperazine rings is 1. The number of pyridine rings is 2. The molecule has 0 saturated carbocycles. The lowest BCUT2D eigenvalue weighted by Crippen LogP contribution is -2.51. The Labute approximate surface area is 209 Å². The number of carbonyl (C=O) groups is 1. The van der Waals surface area contributed by atoms with Crippen LogP contribution in [-0.2, 0) is 4.79 Å². The van der Waals surface area contributed by atoms with Gasteiger partial charge in [0.25, 0.3) is 0 Å². The molecule has 1 saturated heterocycles. The van der Waals surface area contributed by atoms with E-state index >= 15 is 4.39 Å². The van der Waals surface area contributed by atoms with E-state index in [1.165, 1.54) is 0 Å². The third-order valence-electron chi connectivity index (χ3n) is 7.16. The maximum absolute atomic E-state index is 16.2. The summed E-state index contributed by atoms with van der Waals surface area (Å²) in [6.07, 6.45) is 5.23. The lowest BCUT2D eigenvalue weighted by Gasteiger charge is -2.36. The Morgan fingerprint density at radius 2 is 1.86 bits per heavy atom. The van der Waals surface area contributed by atoms with E-state index in [0.717, 1.165) is 33.6 Å². The van der Waals surface area contributed by atoms with E-state index in [4.69, 9.17) is 0 Å². The number of H-pyrrole nitrogens is 1. The van der Waals surface area contributed by atoms with Gasteiger partial charge in [-0.25, -0.2) is 18.9 Å². The molecule has 5 heterocycles. The maximum atomic E-state index is 16.2. The summed E-state index contributed by atoms with van der Waals surface area (Å²) < 4.78 is 17.9. The molecule has 36 heavy (non-hydrogen) atoms. The summed E-state index contributed by atoms with van der Waals surface area (Å²) >= 11 is 0. The highest BCUT2D eigenvalue weighted by molar-refractivity contribution is 5.94. The minimum Gasteiger partial charge on any atom is -0.353 e. The molecule has 0 spiro atoms. The first kappa shape index (κ1) is 24.2. The van der Waals surface area contributed by atoms with Gasteiger partial charge in [-0.1, -0.05) is 13.8 Å². The number of aromatic nitrogens is 5. The van der Waals surface area contributed by atoms with Crippen molar-refractivity contribution in [1.82, 2.24) is 34.4 Å². The van der Waals surface area contributed by atoms with Gasteiger partial charge in [0.15, 0.2) is 17.3 Å². The largest absolute Gasteiger partial charge is 0.353 e. The van der Waals surface area contributed by atoms with Crippen molar-refractivity contribution in [2.75, 3.05) is 51.7 Å². The molecule has 1 amide bonds. The summed E-state index contributed by atoms with van der Waals surface area (Å²) in [5.74, 6) is 0.193. The Balaban J connectivity index is 1.55. The van der Waals surface area contributed by atoms with Crippen LogP contribution in [0.2, 0.25) is 0 Å². The van der Waals surface area contributed by atoms with E-state index in [1.807, 2.05) is 41.9 Å². The van der Waals surface area contributed by atoms with Gasteiger partial charge in [-0.3, -0.25) is 4.79 Å². The molecular formula is C26H33FN8O. The summed E-state index contributed by atoms with van der Waals surface area (Å²) in [5, 5.41) is 4.91. The number of rotatable bonds is 5. The fraction of sp³-hybridized carbons (Fsp3) is 0.462. The Kier molecular flexibility index (Phi) is 6.15. The van der Waals surface area contributed by atoms with Gasteiger partial charge in [0, 0.05) is 43.3 Å². The number of aryl methyl sites for hydroxylation is 1. The molecule has 1 N–H and O–H groups in total. The second-order valence-corrected chi connectivity index (χ2v) is 10.2. The van der Waals surface area contributed by atoms with E-state index in [2.05, 4.69) is 40.8 Å². The summed E-state index contributed by atoms with van der Waals surface area (Å²) in [5.41, 5.74) is 6.39. The minimum atomic E-state index is -0.317. The van der Waals surface area contributed by atoms with E-state index in [0.29, 0.717) is 49.4 Å². The highest BCUT2D eigenvalue weighted by Crippen LogP contribution is 2.40. The average molecular weight is 493 g/mol. The molecule has 0 atom stereocenters. The predicted octanol–water partition coefficient (Wildman–Crippen LogP) is 3.36. The van der Waals surface area contributed by atoms with Crippen molar-refractivity contribution in [3.05, 3.63) is 41.2 Å². The van der Waals surface area contributed by atoms with Gasteiger partial charge < -0.3 is 19.7 Å². The van der Waals surface area contributed by atoms with Crippen LogP contribution in [0.15, 0.2) is 18.7 Å². The average Bonchev–Trinajstić information content (AvgIpc) is 3.46. The number of aromatic amines is 1.